The van der Waals surface area contributed by atoms with Crippen LogP contribution in [0.2, 0.25) is 0 Å². The number of carbonyl (C=O) groups is 1. The first-order valence-corrected chi connectivity index (χ1v) is 9.18. The van der Waals surface area contributed by atoms with Crippen LogP contribution in [0, 0.1) is 28.6 Å². The van der Waals surface area contributed by atoms with E-state index in [1.807, 2.05) is 25.1 Å². The van der Waals surface area contributed by atoms with Gasteiger partial charge in [0.1, 0.15) is 0 Å². The van der Waals surface area contributed by atoms with E-state index in [1.54, 1.807) is 7.11 Å². The van der Waals surface area contributed by atoms with Crippen LogP contribution >= 0.6 is 0 Å². The average molecular weight is 341 g/mol. The molecule has 0 aliphatic heterocycles. The largest absolute Gasteiger partial charge is 0.466 e. The monoisotopic (exact) mass is 341 g/mol. The van der Waals surface area contributed by atoms with Crippen LogP contribution in [-0.4, -0.2) is 25.8 Å². The molecule has 134 valence electrons. The van der Waals surface area contributed by atoms with Crippen molar-refractivity contribution in [3.63, 3.8) is 0 Å². The molecule has 1 aromatic rings. The lowest BCUT2D eigenvalue weighted by Crippen LogP contribution is -2.45. The Morgan fingerprint density at radius 2 is 2.00 bits per heavy atom. The van der Waals surface area contributed by atoms with Crippen LogP contribution in [0.5, 0.6) is 0 Å². The first kappa shape index (κ1) is 17.9. The number of ether oxygens (including phenoxy) is 2. The van der Waals surface area contributed by atoms with Crippen LogP contribution in [0.25, 0.3) is 0 Å². The molecule has 1 saturated carbocycles. The van der Waals surface area contributed by atoms with Gasteiger partial charge in [0.05, 0.1) is 30.3 Å². The molecular formula is C21H27NO3. The van der Waals surface area contributed by atoms with Crippen molar-refractivity contribution in [2.24, 2.45) is 17.3 Å². The molecule has 0 unspecified atom stereocenters. The third-order valence-corrected chi connectivity index (χ3v) is 6.11. The Bertz CT molecular complexity index is 694. The number of hydrogen-bond donors (Lipinski definition) is 0. The summed E-state index contributed by atoms with van der Waals surface area (Å²) in [6.45, 7) is 6.67. The van der Waals surface area contributed by atoms with Crippen LogP contribution in [-0.2, 0) is 20.7 Å². The molecule has 25 heavy (non-hydrogen) atoms. The maximum atomic E-state index is 12.9. The van der Waals surface area contributed by atoms with E-state index in [-0.39, 0.29) is 23.4 Å². The fourth-order valence-electron chi connectivity index (χ4n) is 5.51. The van der Waals surface area contributed by atoms with Crippen molar-refractivity contribution in [2.45, 2.75) is 52.1 Å². The van der Waals surface area contributed by atoms with E-state index in [0.717, 1.165) is 24.8 Å². The number of esters is 1. The second-order valence-corrected chi connectivity index (χ2v) is 7.81. The van der Waals surface area contributed by atoms with Gasteiger partial charge in [-0.15, -0.1) is 0 Å². The van der Waals surface area contributed by atoms with E-state index in [2.05, 4.69) is 19.9 Å². The van der Waals surface area contributed by atoms with Gasteiger partial charge in [0.25, 0.3) is 0 Å². The summed E-state index contributed by atoms with van der Waals surface area (Å²) >= 11 is 0. The van der Waals surface area contributed by atoms with E-state index in [0.29, 0.717) is 24.0 Å². The summed E-state index contributed by atoms with van der Waals surface area (Å²) in [4.78, 5) is 12.9. The smallest absolute Gasteiger partial charge is 0.313 e. The fraction of sp³-hybridized carbons (Fsp3) is 0.619. The number of hydrogen-bond acceptors (Lipinski definition) is 4. The molecule has 0 N–H and O–H groups in total. The molecule has 3 rings (SSSR count). The van der Waals surface area contributed by atoms with Gasteiger partial charge in [0.2, 0.25) is 0 Å². The van der Waals surface area contributed by atoms with Crippen LogP contribution in [0.4, 0.5) is 0 Å². The van der Waals surface area contributed by atoms with Gasteiger partial charge in [-0.05, 0) is 66.7 Å². The molecular weight excluding hydrogens is 314 g/mol. The number of carbonyl (C=O) groups excluding carboxylic acids is 1. The lowest BCUT2D eigenvalue weighted by atomic mass is 9.59. The zero-order valence-electron chi connectivity index (χ0n) is 15.5. The Hall–Kier alpha value is -1.86. The average Bonchev–Trinajstić information content (AvgIpc) is 2.86. The highest BCUT2D eigenvalue weighted by Gasteiger charge is 2.55. The number of methoxy groups -OCH3 is 1. The fourth-order valence-corrected chi connectivity index (χ4v) is 5.51. The Morgan fingerprint density at radius 1 is 1.32 bits per heavy atom. The summed E-state index contributed by atoms with van der Waals surface area (Å²) in [7, 11) is 1.78. The second kappa shape index (κ2) is 6.80. The normalized spacial score (nSPS) is 33.7. The molecule has 1 fully saturated rings. The van der Waals surface area contributed by atoms with E-state index in [9.17, 15) is 10.1 Å². The molecule has 0 saturated heterocycles. The molecule has 2 aliphatic rings. The van der Waals surface area contributed by atoms with Crippen molar-refractivity contribution in [3.05, 3.63) is 34.9 Å². The molecule has 4 heteroatoms. The minimum absolute atomic E-state index is 0.128. The summed E-state index contributed by atoms with van der Waals surface area (Å²) in [6.07, 6.45) is 2.99. The minimum Gasteiger partial charge on any atom is -0.466 e. The Morgan fingerprint density at radius 3 is 2.56 bits per heavy atom. The highest BCUT2D eigenvalue weighted by Crippen LogP contribution is 2.58. The summed E-state index contributed by atoms with van der Waals surface area (Å²) in [5, 5.41) is 9.27. The van der Waals surface area contributed by atoms with Gasteiger partial charge in [0, 0.05) is 7.11 Å². The third-order valence-electron chi connectivity index (χ3n) is 6.11. The van der Waals surface area contributed by atoms with Crippen molar-refractivity contribution in [1.82, 2.24) is 0 Å². The molecule has 0 aromatic heterocycles. The lowest BCUT2D eigenvalue weighted by Gasteiger charge is -2.47. The minimum atomic E-state index is -0.279. The quantitative estimate of drug-likeness (QED) is 0.784. The van der Waals surface area contributed by atoms with Crippen molar-refractivity contribution >= 4 is 5.97 Å². The number of nitrogens with zero attached hydrogens (tertiary/aromatic N) is 1. The lowest BCUT2D eigenvalue weighted by molar-refractivity contribution is -0.151. The maximum absolute atomic E-state index is 12.9. The standard InChI is InChI=1S/C21H27NO3/c1-5-25-20(23)18-17-8-15(12-22)6-7-16(17)11-21(18)9-13(2)19(24-4)14(3)10-21/h6-8,13-14,18-19H,5,9-11H2,1-4H3/t13-,14+,18-,19+,21+/m0/s1. The van der Waals surface area contributed by atoms with Gasteiger partial charge in [-0.1, -0.05) is 19.9 Å². The van der Waals surface area contributed by atoms with Gasteiger partial charge in [-0.3, -0.25) is 4.79 Å². The molecule has 0 amide bonds. The number of nitriles is 1. The maximum Gasteiger partial charge on any atom is 0.313 e. The molecule has 0 heterocycles. The van der Waals surface area contributed by atoms with Gasteiger partial charge in [-0.25, -0.2) is 0 Å². The van der Waals surface area contributed by atoms with Crippen molar-refractivity contribution < 1.29 is 14.3 Å². The first-order chi connectivity index (χ1) is 12.0. The molecule has 1 spiro atoms. The number of benzene rings is 1. The highest BCUT2D eigenvalue weighted by molar-refractivity contribution is 5.81. The summed E-state index contributed by atoms with van der Waals surface area (Å²) in [6, 6.07) is 7.97. The van der Waals surface area contributed by atoms with E-state index < -0.39 is 0 Å². The van der Waals surface area contributed by atoms with E-state index in [4.69, 9.17) is 9.47 Å². The SMILES string of the molecule is CCOC(=O)[C@@H]1c2cc(C#N)ccc2C[C@@]12C[C@@H](C)[C@H](OC)[C@@H](C)C2. The van der Waals surface area contributed by atoms with Crippen molar-refractivity contribution in [2.75, 3.05) is 13.7 Å². The zero-order chi connectivity index (χ0) is 18.2. The predicted octanol–water partition coefficient (Wildman–Crippen LogP) is 3.83. The van der Waals surface area contributed by atoms with Crippen LogP contribution in [0.1, 0.15) is 56.2 Å². The topological polar surface area (TPSA) is 59.3 Å². The molecule has 2 aliphatic carbocycles. The Balaban J connectivity index is 2.04. The highest BCUT2D eigenvalue weighted by atomic mass is 16.5. The zero-order valence-corrected chi connectivity index (χ0v) is 15.5. The molecule has 0 radical (unpaired) electrons. The summed E-state index contributed by atoms with van der Waals surface area (Å²) in [5.41, 5.74) is 2.66. The predicted molar refractivity (Wildman–Crippen MR) is 95.0 cm³/mol. The number of rotatable bonds is 3. The summed E-state index contributed by atoms with van der Waals surface area (Å²) in [5.74, 6) is 0.343. The van der Waals surface area contributed by atoms with Crippen LogP contribution in [0.15, 0.2) is 18.2 Å². The van der Waals surface area contributed by atoms with Gasteiger partial charge in [0.15, 0.2) is 0 Å². The van der Waals surface area contributed by atoms with E-state index in [1.165, 1.54) is 5.56 Å². The second-order valence-electron chi connectivity index (χ2n) is 7.81. The number of fused-ring (bicyclic) bond motifs is 1. The van der Waals surface area contributed by atoms with Crippen LogP contribution in [0.3, 0.4) is 0 Å². The summed E-state index contributed by atoms with van der Waals surface area (Å²) < 4.78 is 11.2. The molecule has 1 aromatic carbocycles. The van der Waals surface area contributed by atoms with Crippen molar-refractivity contribution in [3.8, 4) is 6.07 Å². The molecule has 5 atom stereocenters. The van der Waals surface area contributed by atoms with Crippen molar-refractivity contribution in [1.29, 1.82) is 5.26 Å². The Kier molecular flexibility index (Phi) is 4.88. The third kappa shape index (κ3) is 2.95. The Labute approximate surface area is 150 Å². The molecule has 0 bridgehead atoms. The van der Waals surface area contributed by atoms with E-state index >= 15 is 0 Å². The van der Waals surface area contributed by atoms with Crippen LogP contribution < -0.4 is 0 Å². The van der Waals surface area contributed by atoms with Gasteiger partial charge < -0.3 is 9.47 Å². The molecule has 4 nitrogen and oxygen atoms in total. The first-order valence-electron chi connectivity index (χ1n) is 9.18. The van der Waals surface area contributed by atoms with Gasteiger partial charge in [-0.2, -0.15) is 5.26 Å². The van der Waals surface area contributed by atoms with Gasteiger partial charge >= 0.3 is 5.97 Å².